The molecule has 0 bridgehead atoms. The zero-order valence-corrected chi connectivity index (χ0v) is 19.2. The average molecular weight is 451 g/mol. The van der Waals surface area contributed by atoms with Gasteiger partial charge in [-0.25, -0.2) is 9.59 Å². The summed E-state index contributed by atoms with van der Waals surface area (Å²) < 4.78 is 5.61. The van der Waals surface area contributed by atoms with E-state index >= 15 is 0 Å². The third kappa shape index (κ3) is 4.32. The molecule has 0 radical (unpaired) electrons. The Bertz CT molecular complexity index is 1030. The molecule has 1 atom stereocenters. The summed E-state index contributed by atoms with van der Waals surface area (Å²) in [5, 5.41) is 12.3. The molecule has 174 valence electrons. The van der Waals surface area contributed by atoms with Crippen molar-refractivity contribution < 1.29 is 24.2 Å². The maximum Gasteiger partial charge on any atom is 0.407 e. The molecule has 1 fully saturated rings. The van der Waals surface area contributed by atoms with Crippen LogP contribution in [0.3, 0.4) is 0 Å². The molecule has 0 aromatic heterocycles. The molecule has 4 rings (SSSR count). The van der Waals surface area contributed by atoms with Gasteiger partial charge in [0.15, 0.2) is 0 Å². The summed E-state index contributed by atoms with van der Waals surface area (Å²) in [6, 6.07) is 15.4. The van der Waals surface area contributed by atoms with Gasteiger partial charge in [0.25, 0.3) is 0 Å². The first-order valence-corrected chi connectivity index (χ1v) is 11.4. The Labute approximate surface area is 193 Å². The minimum atomic E-state index is -1.37. The molecule has 7 heteroatoms. The van der Waals surface area contributed by atoms with Gasteiger partial charge in [-0.3, -0.25) is 4.79 Å². The summed E-state index contributed by atoms with van der Waals surface area (Å²) in [4.78, 5) is 39.0. The second-order valence-corrected chi connectivity index (χ2v) is 9.23. The van der Waals surface area contributed by atoms with E-state index in [9.17, 15) is 19.5 Å². The molecule has 0 heterocycles. The summed E-state index contributed by atoms with van der Waals surface area (Å²) in [6.07, 6.45) is 0.960. The van der Waals surface area contributed by atoms with Crippen LogP contribution in [0.4, 0.5) is 4.79 Å². The number of fused-ring (bicyclic) bond motifs is 3. The highest BCUT2D eigenvalue weighted by Gasteiger charge is 2.45. The lowest BCUT2D eigenvalue weighted by Crippen LogP contribution is -2.59. The molecule has 2 aromatic rings. The zero-order valence-electron chi connectivity index (χ0n) is 19.2. The molecule has 2 amide bonds. The van der Waals surface area contributed by atoms with Crippen LogP contribution in [-0.2, 0) is 14.3 Å². The fourth-order valence-electron chi connectivity index (χ4n) is 4.69. The Morgan fingerprint density at radius 1 is 1.06 bits per heavy atom. The van der Waals surface area contributed by atoms with Crippen molar-refractivity contribution >= 4 is 18.0 Å². The molecular weight excluding hydrogens is 420 g/mol. The first-order chi connectivity index (χ1) is 15.8. The molecule has 1 unspecified atom stereocenters. The number of carboxylic acids is 1. The van der Waals surface area contributed by atoms with Crippen molar-refractivity contribution in [3.05, 3.63) is 59.7 Å². The normalized spacial score (nSPS) is 15.8. The number of benzene rings is 2. The smallest absolute Gasteiger partial charge is 0.407 e. The lowest BCUT2D eigenvalue weighted by atomic mass is 9.98. The van der Waals surface area contributed by atoms with Crippen molar-refractivity contribution in [2.24, 2.45) is 5.92 Å². The third-order valence-electron chi connectivity index (χ3n) is 6.76. The van der Waals surface area contributed by atoms with E-state index in [0.29, 0.717) is 0 Å². The number of amides is 2. The van der Waals surface area contributed by atoms with Crippen LogP contribution in [0.5, 0.6) is 0 Å². The van der Waals surface area contributed by atoms with Crippen LogP contribution in [0.1, 0.15) is 50.7 Å². The standard InChI is InChI=1S/C26H30N2O5/c1-4-28(26(2,3)24(30)31)23(29)22(16-13-14-16)27-25(32)33-15-21-19-11-7-5-9-17(19)18-10-6-8-12-20(18)21/h5-12,16,21-22H,4,13-15H2,1-3H3,(H,27,32)(H,30,31). The average Bonchev–Trinajstić information content (AvgIpc) is 3.58. The second kappa shape index (κ2) is 8.89. The van der Waals surface area contributed by atoms with Gasteiger partial charge in [-0.2, -0.15) is 0 Å². The van der Waals surface area contributed by atoms with E-state index in [1.807, 2.05) is 36.4 Å². The fourth-order valence-corrected chi connectivity index (χ4v) is 4.69. The molecule has 0 aliphatic heterocycles. The van der Waals surface area contributed by atoms with Crippen molar-refractivity contribution in [1.82, 2.24) is 10.2 Å². The highest BCUT2D eigenvalue weighted by Crippen LogP contribution is 2.44. The van der Waals surface area contributed by atoms with E-state index in [1.165, 1.54) is 18.7 Å². The van der Waals surface area contributed by atoms with E-state index in [0.717, 1.165) is 35.1 Å². The number of carboxylic acid groups (broad SMARTS) is 1. The molecule has 2 aromatic carbocycles. The van der Waals surface area contributed by atoms with Crippen LogP contribution in [0, 0.1) is 5.92 Å². The number of carbonyl (C=O) groups is 3. The van der Waals surface area contributed by atoms with Crippen molar-refractivity contribution in [3.8, 4) is 11.1 Å². The molecule has 2 aliphatic carbocycles. The lowest BCUT2D eigenvalue weighted by molar-refractivity contribution is -0.157. The Kier molecular flexibility index (Phi) is 6.15. The Morgan fingerprint density at radius 2 is 1.61 bits per heavy atom. The van der Waals surface area contributed by atoms with Crippen LogP contribution in [0.25, 0.3) is 11.1 Å². The number of alkyl carbamates (subject to hydrolysis) is 1. The number of ether oxygens (including phenoxy) is 1. The molecule has 2 N–H and O–H groups in total. The number of likely N-dealkylation sites (N-methyl/N-ethyl adjacent to an activating group) is 1. The summed E-state index contributed by atoms with van der Waals surface area (Å²) in [6.45, 7) is 5.11. The summed E-state index contributed by atoms with van der Waals surface area (Å²) in [7, 11) is 0. The molecule has 7 nitrogen and oxygen atoms in total. The van der Waals surface area contributed by atoms with E-state index in [-0.39, 0.29) is 30.9 Å². The van der Waals surface area contributed by atoms with Gasteiger partial charge in [0.05, 0.1) is 0 Å². The number of nitrogens with zero attached hydrogens (tertiary/aromatic N) is 1. The van der Waals surface area contributed by atoms with Crippen LogP contribution in [0.2, 0.25) is 0 Å². The molecule has 33 heavy (non-hydrogen) atoms. The van der Waals surface area contributed by atoms with Crippen molar-refractivity contribution in [2.75, 3.05) is 13.2 Å². The number of hydrogen-bond donors (Lipinski definition) is 2. The molecule has 0 spiro atoms. The first kappa shape index (κ1) is 22.8. The van der Waals surface area contributed by atoms with Gasteiger partial charge in [0.1, 0.15) is 18.2 Å². The van der Waals surface area contributed by atoms with Gasteiger partial charge in [-0.1, -0.05) is 48.5 Å². The van der Waals surface area contributed by atoms with Crippen molar-refractivity contribution in [3.63, 3.8) is 0 Å². The van der Waals surface area contributed by atoms with Crippen molar-refractivity contribution in [1.29, 1.82) is 0 Å². The SMILES string of the molecule is CCN(C(=O)C(NC(=O)OCC1c2ccccc2-c2ccccc21)C1CC1)C(C)(C)C(=O)O. The maximum absolute atomic E-state index is 13.2. The van der Waals surface area contributed by atoms with Gasteiger partial charge in [0, 0.05) is 12.5 Å². The monoisotopic (exact) mass is 450 g/mol. The van der Waals surface area contributed by atoms with Gasteiger partial charge in [0.2, 0.25) is 5.91 Å². The summed E-state index contributed by atoms with van der Waals surface area (Å²) >= 11 is 0. The molecule has 1 saturated carbocycles. The fraction of sp³-hybridized carbons (Fsp3) is 0.423. The Morgan fingerprint density at radius 3 is 2.09 bits per heavy atom. The van der Waals surface area contributed by atoms with E-state index in [4.69, 9.17) is 4.74 Å². The predicted molar refractivity (Wildman–Crippen MR) is 124 cm³/mol. The summed E-state index contributed by atoms with van der Waals surface area (Å²) in [5.74, 6) is -1.55. The van der Waals surface area contributed by atoms with Crippen LogP contribution in [-0.4, -0.2) is 52.7 Å². The minimum Gasteiger partial charge on any atom is -0.480 e. The minimum absolute atomic E-state index is 0.00312. The van der Waals surface area contributed by atoms with Gasteiger partial charge in [-0.05, 0) is 61.8 Å². The van der Waals surface area contributed by atoms with E-state index < -0.39 is 23.6 Å². The molecule has 0 saturated heterocycles. The largest absolute Gasteiger partial charge is 0.480 e. The molecule has 2 aliphatic rings. The van der Waals surface area contributed by atoms with Gasteiger partial charge >= 0.3 is 12.1 Å². The van der Waals surface area contributed by atoms with E-state index in [1.54, 1.807) is 6.92 Å². The van der Waals surface area contributed by atoms with Crippen LogP contribution in [0.15, 0.2) is 48.5 Å². The lowest BCUT2D eigenvalue weighted by Gasteiger charge is -2.36. The number of rotatable bonds is 8. The topological polar surface area (TPSA) is 95.9 Å². The highest BCUT2D eigenvalue weighted by molar-refractivity contribution is 5.91. The second-order valence-electron chi connectivity index (χ2n) is 9.23. The predicted octanol–water partition coefficient (Wildman–Crippen LogP) is 4.02. The Hall–Kier alpha value is -3.35. The maximum atomic E-state index is 13.2. The first-order valence-electron chi connectivity index (χ1n) is 11.4. The third-order valence-corrected chi connectivity index (χ3v) is 6.76. The van der Waals surface area contributed by atoms with Crippen LogP contribution < -0.4 is 5.32 Å². The number of nitrogens with one attached hydrogen (secondary N) is 1. The Balaban J connectivity index is 1.46. The van der Waals surface area contributed by atoms with Gasteiger partial charge in [-0.15, -0.1) is 0 Å². The number of aliphatic carboxylic acids is 1. The number of hydrogen-bond acceptors (Lipinski definition) is 4. The van der Waals surface area contributed by atoms with Crippen LogP contribution >= 0.6 is 0 Å². The van der Waals surface area contributed by atoms with Crippen molar-refractivity contribution in [2.45, 2.75) is 51.1 Å². The number of carbonyl (C=O) groups excluding carboxylic acids is 2. The molecular formula is C26H30N2O5. The quantitative estimate of drug-likeness (QED) is 0.633. The zero-order chi connectivity index (χ0) is 23.8. The van der Waals surface area contributed by atoms with E-state index in [2.05, 4.69) is 17.4 Å². The highest BCUT2D eigenvalue weighted by atomic mass is 16.5. The van der Waals surface area contributed by atoms with Gasteiger partial charge < -0.3 is 20.1 Å². The summed E-state index contributed by atoms with van der Waals surface area (Å²) in [5.41, 5.74) is 3.13.